The second-order valence-corrected chi connectivity index (χ2v) is 9.72. The Balaban J connectivity index is 1.64. The van der Waals surface area contributed by atoms with Gasteiger partial charge >= 0.3 is 0 Å². The van der Waals surface area contributed by atoms with E-state index in [0.717, 1.165) is 5.56 Å². The van der Waals surface area contributed by atoms with Crippen molar-refractivity contribution in [3.05, 3.63) is 59.7 Å². The summed E-state index contributed by atoms with van der Waals surface area (Å²) in [6.07, 6.45) is 0. The molecule has 0 bridgehead atoms. The average molecular weight is 489 g/mol. The van der Waals surface area contributed by atoms with Gasteiger partial charge in [0.25, 0.3) is 11.8 Å². The first-order chi connectivity index (χ1) is 16.2. The highest BCUT2D eigenvalue weighted by molar-refractivity contribution is 7.89. The van der Waals surface area contributed by atoms with Crippen molar-refractivity contribution in [2.24, 2.45) is 5.10 Å². The number of hydrogen-bond acceptors (Lipinski definition) is 7. The van der Waals surface area contributed by atoms with E-state index in [4.69, 9.17) is 9.47 Å². The smallest absolute Gasteiger partial charge is 0.271 e. The van der Waals surface area contributed by atoms with Gasteiger partial charge in [-0.05, 0) is 55.0 Å². The van der Waals surface area contributed by atoms with Gasteiger partial charge in [-0.15, -0.1) is 0 Å². The fourth-order valence-electron chi connectivity index (χ4n) is 3.06. The van der Waals surface area contributed by atoms with Gasteiger partial charge in [0.1, 0.15) is 5.75 Å². The van der Waals surface area contributed by atoms with Crippen molar-refractivity contribution in [3.8, 4) is 5.75 Å². The highest BCUT2D eigenvalue weighted by Gasteiger charge is 2.26. The Morgan fingerprint density at radius 3 is 2.41 bits per heavy atom. The molecule has 10 nitrogen and oxygen atoms in total. The van der Waals surface area contributed by atoms with Crippen LogP contribution in [0.4, 0.5) is 0 Å². The number of carbonyl (C=O) groups is 2. The third-order valence-electron chi connectivity index (χ3n) is 5.16. The van der Waals surface area contributed by atoms with E-state index < -0.39 is 15.9 Å². The summed E-state index contributed by atoms with van der Waals surface area (Å²) in [6.45, 7) is 2.90. The first-order valence-corrected chi connectivity index (χ1v) is 12.1. The van der Waals surface area contributed by atoms with Crippen LogP contribution >= 0.6 is 0 Å². The molecule has 2 aromatic rings. The van der Waals surface area contributed by atoms with Crippen LogP contribution in [0.2, 0.25) is 0 Å². The molecule has 11 heteroatoms. The number of hydrogen-bond donors (Lipinski definition) is 1. The van der Waals surface area contributed by atoms with Gasteiger partial charge in [0.2, 0.25) is 10.0 Å². The molecule has 0 aromatic heterocycles. The topological polar surface area (TPSA) is 118 Å². The van der Waals surface area contributed by atoms with Crippen molar-refractivity contribution in [1.82, 2.24) is 14.6 Å². The minimum absolute atomic E-state index is 0.0473. The molecule has 0 unspecified atom stereocenters. The van der Waals surface area contributed by atoms with Crippen molar-refractivity contribution in [2.45, 2.75) is 11.8 Å². The molecule has 3 rings (SSSR count). The molecule has 1 aliphatic rings. The van der Waals surface area contributed by atoms with Crippen LogP contribution in [-0.2, 0) is 19.6 Å². The van der Waals surface area contributed by atoms with Crippen molar-refractivity contribution >= 4 is 27.5 Å². The van der Waals surface area contributed by atoms with E-state index in [1.165, 1.54) is 33.5 Å². The number of morpholine rings is 1. The molecule has 1 fully saturated rings. The SMILES string of the molecule is CC(=NNC(=O)c1cccc(S(=O)(=O)N2CCOCC2)c1)c1ccc(OCC(=O)N(C)C)cc1. The second kappa shape index (κ2) is 11.2. The zero-order valence-electron chi connectivity index (χ0n) is 19.4. The molecule has 2 aromatic carbocycles. The maximum absolute atomic E-state index is 12.8. The lowest BCUT2D eigenvalue weighted by atomic mass is 10.1. The number of benzene rings is 2. The molecular weight excluding hydrogens is 460 g/mol. The summed E-state index contributed by atoms with van der Waals surface area (Å²) in [5.74, 6) is -0.138. The second-order valence-electron chi connectivity index (χ2n) is 7.78. The van der Waals surface area contributed by atoms with Crippen LogP contribution in [0.1, 0.15) is 22.8 Å². The van der Waals surface area contributed by atoms with E-state index in [1.54, 1.807) is 45.3 Å². The summed E-state index contributed by atoms with van der Waals surface area (Å²) < 4.78 is 37.7. The van der Waals surface area contributed by atoms with Crippen molar-refractivity contribution in [1.29, 1.82) is 0 Å². The molecule has 0 aliphatic carbocycles. The van der Waals surface area contributed by atoms with E-state index in [-0.39, 0.29) is 36.1 Å². The minimum Gasteiger partial charge on any atom is -0.484 e. The molecule has 0 atom stereocenters. The summed E-state index contributed by atoms with van der Waals surface area (Å²) >= 11 is 0. The van der Waals surface area contributed by atoms with Gasteiger partial charge in [0.15, 0.2) is 6.61 Å². The number of sulfonamides is 1. The molecule has 1 saturated heterocycles. The van der Waals surface area contributed by atoms with Crippen LogP contribution in [0, 0.1) is 0 Å². The van der Waals surface area contributed by atoms with Crippen LogP contribution in [0.25, 0.3) is 0 Å². The third-order valence-corrected chi connectivity index (χ3v) is 7.06. The monoisotopic (exact) mass is 488 g/mol. The van der Waals surface area contributed by atoms with Crippen molar-refractivity contribution < 1.29 is 27.5 Å². The van der Waals surface area contributed by atoms with Crippen LogP contribution in [0.3, 0.4) is 0 Å². The summed E-state index contributed by atoms with van der Waals surface area (Å²) in [5.41, 5.74) is 3.93. The lowest BCUT2D eigenvalue weighted by Crippen LogP contribution is -2.40. The van der Waals surface area contributed by atoms with Gasteiger partial charge < -0.3 is 14.4 Å². The molecule has 1 N–H and O–H groups in total. The molecule has 0 spiro atoms. The largest absolute Gasteiger partial charge is 0.484 e. The molecule has 182 valence electrons. The Kier molecular flexibility index (Phi) is 8.37. The number of amides is 2. The van der Waals surface area contributed by atoms with E-state index in [1.807, 2.05) is 0 Å². The summed E-state index contributed by atoms with van der Waals surface area (Å²) in [6, 6.07) is 12.8. The normalized spacial score (nSPS) is 15.0. The first kappa shape index (κ1) is 25.3. The molecule has 1 aliphatic heterocycles. The first-order valence-electron chi connectivity index (χ1n) is 10.6. The average Bonchev–Trinajstić information content (AvgIpc) is 2.86. The van der Waals surface area contributed by atoms with E-state index >= 15 is 0 Å². The molecule has 34 heavy (non-hydrogen) atoms. The van der Waals surface area contributed by atoms with Crippen LogP contribution in [0.15, 0.2) is 58.5 Å². The van der Waals surface area contributed by atoms with Crippen molar-refractivity contribution in [2.75, 3.05) is 47.0 Å². The quantitative estimate of drug-likeness (QED) is 0.443. The van der Waals surface area contributed by atoms with Crippen LogP contribution in [0.5, 0.6) is 5.75 Å². The number of nitrogens with zero attached hydrogens (tertiary/aromatic N) is 3. The predicted molar refractivity (Wildman–Crippen MR) is 126 cm³/mol. The van der Waals surface area contributed by atoms with Gasteiger partial charge in [-0.1, -0.05) is 6.07 Å². The summed E-state index contributed by atoms with van der Waals surface area (Å²) in [4.78, 5) is 25.7. The Morgan fingerprint density at radius 1 is 1.09 bits per heavy atom. The highest BCUT2D eigenvalue weighted by Crippen LogP contribution is 2.18. The minimum atomic E-state index is -3.71. The molecule has 0 radical (unpaired) electrons. The zero-order chi connectivity index (χ0) is 24.7. The van der Waals surface area contributed by atoms with Gasteiger partial charge in [-0.25, -0.2) is 13.8 Å². The maximum atomic E-state index is 12.8. The molecular formula is C23H28N4O6S. The Bertz CT molecular complexity index is 1160. The van der Waals surface area contributed by atoms with Gasteiger partial charge in [0.05, 0.1) is 23.8 Å². The lowest BCUT2D eigenvalue weighted by Gasteiger charge is -2.26. The van der Waals surface area contributed by atoms with Gasteiger partial charge in [0, 0.05) is 32.7 Å². The number of carbonyl (C=O) groups excluding carboxylic acids is 2. The van der Waals surface area contributed by atoms with Crippen molar-refractivity contribution in [3.63, 3.8) is 0 Å². The van der Waals surface area contributed by atoms with E-state index in [9.17, 15) is 18.0 Å². The number of hydrazone groups is 1. The maximum Gasteiger partial charge on any atom is 0.271 e. The van der Waals surface area contributed by atoms with Gasteiger partial charge in [-0.3, -0.25) is 9.59 Å². The summed E-state index contributed by atoms with van der Waals surface area (Å²) in [7, 11) is -0.400. The molecule has 0 saturated carbocycles. The standard InChI is InChI=1S/C23H28N4O6S/c1-17(18-7-9-20(10-8-18)33-16-22(28)26(2)3)24-25-23(29)19-5-4-6-21(15-19)34(30,31)27-11-13-32-14-12-27/h4-10,15H,11-14,16H2,1-3H3,(H,25,29). The number of rotatable bonds is 8. The fraction of sp³-hybridized carbons (Fsp3) is 0.348. The molecule has 1 heterocycles. The summed E-state index contributed by atoms with van der Waals surface area (Å²) in [5, 5.41) is 4.12. The predicted octanol–water partition coefficient (Wildman–Crippen LogP) is 1.33. The number of ether oxygens (including phenoxy) is 2. The van der Waals surface area contributed by atoms with Crippen LogP contribution in [-0.4, -0.2) is 82.2 Å². The Labute approximate surface area is 199 Å². The molecule has 2 amide bonds. The highest BCUT2D eigenvalue weighted by atomic mass is 32.2. The van der Waals surface area contributed by atoms with E-state index in [0.29, 0.717) is 24.7 Å². The Hall–Kier alpha value is -3.28. The third kappa shape index (κ3) is 6.40. The fourth-order valence-corrected chi connectivity index (χ4v) is 4.52. The number of nitrogens with one attached hydrogen (secondary N) is 1. The van der Waals surface area contributed by atoms with Crippen LogP contribution < -0.4 is 10.2 Å². The van der Waals surface area contributed by atoms with E-state index in [2.05, 4.69) is 10.5 Å². The Morgan fingerprint density at radius 2 is 1.76 bits per heavy atom. The lowest BCUT2D eigenvalue weighted by molar-refractivity contribution is -0.130. The van der Waals surface area contributed by atoms with Gasteiger partial charge in [-0.2, -0.15) is 9.41 Å². The number of likely N-dealkylation sites (N-methyl/N-ethyl adjacent to an activating group) is 1. The zero-order valence-corrected chi connectivity index (χ0v) is 20.2.